The monoisotopic (exact) mass is 468 g/mol. The van der Waals surface area contributed by atoms with Crippen LogP contribution in [0.2, 0.25) is 0 Å². The minimum Gasteiger partial charge on any atom is -0.462 e. The average molecular weight is 469 g/mol. The Bertz CT molecular complexity index is 1130. The molecule has 5 rings (SSSR count). The van der Waals surface area contributed by atoms with Gasteiger partial charge in [-0.15, -0.1) is 21.5 Å². The van der Waals surface area contributed by atoms with Gasteiger partial charge in [-0.3, -0.25) is 4.79 Å². The van der Waals surface area contributed by atoms with Gasteiger partial charge in [0.2, 0.25) is 5.91 Å². The molecule has 166 valence electrons. The van der Waals surface area contributed by atoms with E-state index in [0.717, 1.165) is 34.3 Å². The number of hydrogen-bond donors (Lipinski definition) is 1. The Hall–Kier alpha value is -2.65. The fourth-order valence-electron chi connectivity index (χ4n) is 3.58. The first-order valence-corrected chi connectivity index (χ1v) is 12.7. The number of carbonyl (C=O) groups is 2. The van der Waals surface area contributed by atoms with Crippen molar-refractivity contribution in [2.75, 3.05) is 17.7 Å². The molecule has 7 nitrogen and oxygen atoms in total. The van der Waals surface area contributed by atoms with E-state index >= 15 is 0 Å². The first-order valence-electron chi connectivity index (χ1n) is 10.9. The average Bonchev–Trinajstić information content (AvgIpc) is 3.74. The highest BCUT2D eigenvalue weighted by molar-refractivity contribution is 7.99. The maximum Gasteiger partial charge on any atom is 0.350 e. The molecule has 0 saturated heterocycles. The summed E-state index contributed by atoms with van der Waals surface area (Å²) in [6.45, 7) is 2.05. The fraction of sp³-hybridized carbons (Fsp3) is 0.391. The number of nitrogens with one attached hydrogen (secondary N) is 1. The highest BCUT2D eigenvalue weighted by atomic mass is 32.2. The predicted octanol–water partition coefficient (Wildman–Crippen LogP) is 5.13. The van der Waals surface area contributed by atoms with E-state index in [0.29, 0.717) is 22.5 Å². The van der Waals surface area contributed by atoms with E-state index in [1.54, 1.807) is 6.92 Å². The Morgan fingerprint density at radius 3 is 2.66 bits per heavy atom. The van der Waals surface area contributed by atoms with Gasteiger partial charge in [-0.25, -0.2) is 4.79 Å². The molecule has 2 heterocycles. The maximum absolute atomic E-state index is 12.8. The number of nitrogens with zero attached hydrogens (tertiary/aromatic N) is 3. The minimum atomic E-state index is -0.426. The van der Waals surface area contributed by atoms with Crippen molar-refractivity contribution in [3.05, 3.63) is 47.1 Å². The molecule has 0 atom stereocenters. The fourth-order valence-corrected chi connectivity index (χ4v) is 5.40. The molecule has 2 saturated carbocycles. The molecular weight excluding hydrogens is 444 g/mol. The summed E-state index contributed by atoms with van der Waals surface area (Å²) in [4.78, 5) is 26.6. The number of anilines is 1. The summed E-state index contributed by atoms with van der Waals surface area (Å²) in [5.41, 5.74) is 1.48. The van der Waals surface area contributed by atoms with E-state index in [1.807, 2.05) is 36.4 Å². The van der Waals surface area contributed by atoms with Crippen molar-refractivity contribution >= 4 is 40.7 Å². The number of benzene rings is 1. The largest absolute Gasteiger partial charge is 0.462 e. The minimum absolute atomic E-state index is 0.184. The third-order valence-corrected chi connectivity index (χ3v) is 7.51. The highest BCUT2D eigenvalue weighted by Crippen LogP contribution is 2.46. The number of ether oxygens (including phenoxy) is 1. The van der Waals surface area contributed by atoms with Gasteiger partial charge in [-0.2, -0.15) is 0 Å². The van der Waals surface area contributed by atoms with Crippen molar-refractivity contribution in [2.24, 2.45) is 0 Å². The number of aromatic nitrogens is 3. The van der Waals surface area contributed by atoms with E-state index in [-0.39, 0.29) is 18.3 Å². The van der Waals surface area contributed by atoms with Crippen LogP contribution < -0.4 is 5.32 Å². The summed E-state index contributed by atoms with van der Waals surface area (Å²) < 4.78 is 7.44. The second-order valence-corrected chi connectivity index (χ2v) is 9.99. The first-order chi connectivity index (χ1) is 15.6. The van der Waals surface area contributed by atoms with Crippen LogP contribution in [0, 0.1) is 0 Å². The third-order valence-electron chi connectivity index (χ3n) is 5.40. The van der Waals surface area contributed by atoms with Gasteiger partial charge in [-0.1, -0.05) is 42.1 Å². The normalized spacial score (nSPS) is 15.5. The lowest BCUT2D eigenvalue weighted by molar-refractivity contribution is -0.113. The Labute approximate surface area is 194 Å². The lowest BCUT2D eigenvalue weighted by Gasteiger charge is -2.08. The van der Waals surface area contributed by atoms with Gasteiger partial charge in [0, 0.05) is 16.8 Å². The smallest absolute Gasteiger partial charge is 0.350 e. The molecule has 0 bridgehead atoms. The Kier molecular flexibility index (Phi) is 6.01. The molecule has 1 N–H and O–H groups in total. The number of rotatable bonds is 9. The SMILES string of the molecule is CCOC(=O)c1sc(-c2ccccc2)cc1NC(=O)CSc1nnc(C2CC2)n1C1CC1. The van der Waals surface area contributed by atoms with Crippen molar-refractivity contribution in [1.29, 1.82) is 0 Å². The van der Waals surface area contributed by atoms with Gasteiger partial charge in [0.1, 0.15) is 10.7 Å². The van der Waals surface area contributed by atoms with Crippen molar-refractivity contribution in [2.45, 2.75) is 49.7 Å². The van der Waals surface area contributed by atoms with Crippen LogP contribution in [0.25, 0.3) is 10.4 Å². The zero-order valence-corrected chi connectivity index (χ0v) is 19.4. The van der Waals surface area contributed by atoms with Crippen LogP contribution in [0.4, 0.5) is 5.69 Å². The summed E-state index contributed by atoms with van der Waals surface area (Å²) in [6, 6.07) is 12.1. The second-order valence-electron chi connectivity index (χ2n) is 7.99. The van der Waals surface area contributed by atoms with E-state index in [9.17, 15) is 9.59 Å². The molecular formula is C23H24N4O3S2. The Balaban J connectivity index is 1.30. The molecule has 0 aliphatic heterocycles. The Morgan fingerprint density at radius 2 is 1.97 bits per heavy atom. The topological polar surface area (TPSA) is 86.1 Å². The molecule has 0 spiro atoms. The molecule has 3 aromatic rings. The molecule has 32 heavy (non-hydrogen) atoms. The first kappa shape index (κ1) is 21.2. The number of thiophene rings is 1. The number of amides is 1. The number of thioether (sulfide) groups is 1. The van der Waals surface area contributed by atoms with Crippen LogP contribution in [0.15, 0.2) is 41.6 Å². The Morgan fingerprint density at radius 1 is 1.19 bits per heavy atom. The van der Waals surface area contributed by atoms with Crippen LogP contribution in [-0.2, 0) is 9.53 Å². The van der Waals surface area contributed by atoms with Gasteiger partial charge in [0.05, 0.1) is 18.0 Å². The maximum atomic E-state index is 12.8. The second kappa shape index (κ2) is 9.07. The highest BCUT2D eigenvalue weighted by Gasteiger charge is 2.36. The zero-order valence-electron chi connectivity index (χ0n) is 17.7. The van der Waals surface area contributed by atoms with Crippen molar-refractivity contribution in [1.82, 2.24) is 14.8 Å². The predicted molar refractivity (Wildman–Crippen MR) is 125 cm³/mol. The van der Waals surface area contributed by atoms with E-state index in [2.05, 4.69) is 20.1 Å². The number of esters is 1. The number of hydrogen-bond acceptors (Lipinski definition) is 7. The van der Waals surface area contributed by atoms with Crippen LogP contribution >= 0.6 is 23.1 Å². The summed E-state index contributed by atoms with van der Waals surface area (Å²) >= 11 is 2.72. The number of carbonyl (C=O) groups excluding carboxylic acids is 2. The lowest BCUT2D eigenvalue weighted by Crippen LogP contribution is -2.16. The van der Waals surface area contributed by atoms with E-state index < -0.39 is 5.97 Å². The standard InChI is InChI=1S/C23H24N4O3S2/c1-2-30-22(29)20-17(12-18(32-20)14-6-4-3-5-7-14)24-19(28)13-31-23-26-25-21(15-8-9-15)27(23)16-10-11-16/h3-7,12,15-16H,2,8-11,13H2,1H3,(H,24,28). The van der Waals surface area contributed by atoms with E-state index in [1.165, 1.54) is 35.9 Å². The van der Waals surface area contributed by atoms with Crippen molar-refractivity contribution in [3.8, 4) is 10.4 Å². The van der Waals surface area contributed by atoms with Gasteiger partial charge in [0.15, 0.2) is 5.16 Å². The molecule has 0 radical (unpaired) electrons. The van der Waals surface area contributed by atoms with Crippen LogP contribution in [-0.4, -0.2) is 39.0 Å². The quantitative estimate of drug-likeness (QED) is 0.346. The molecule has 2 aliphatic carbocycles. The van der Waals surface area contributed by atoms with E-state index in [4.69, 9.17) is 4.74 Å². The molecule has 9 heteroatoms. The summed E-state index contributed by atoms with van der Waals surface area (Å²) in [5.74, 6) is 1.20. The molecule has 2 fully saturated rings. The van der Waals surface area contributed by atoms with Crippen molar-refractivity contribution in [3.63, 3.8) is 0 Å². The molecule has 2 aromatic heterocycles. The van der Waals surface area contributed by atoms with Crippen LogP contribution in [0.5, 0.6) is 0 Å². The molecule has 1 amide bonds. The van der Waals surface area contributed by atoms with Crippen LogP contribution in [0.1, 0.15) is 60.1 Å². The van der Waals surface area contributed by atoms with Gasteiger partial charge < -0.3 is 14.6 Å². The van der Waals surface area contributed by atoms with Gasteiger partial charge in [0.25, 0.3) is 0 Å². The van der Waals surface area contributed by atoms with Gasteiger partial charge in [-0.05, 0) is 44.2 Å². The summed E-state index contributed by atoms with van der Waals surface area (Å²) in [5, 5.41) is 12.5. The molecule has 1 aromatic carbocycles. The molecule has 0 unspecified atom stereocenters. The summed E-state index contributed by atoms with van der Waals surface area (Å²) in [7, 11) is 0. The summed E-state index contributed by atoms with van der Waals surface area (Å²) in [6.07, 6.45) is 4.65. The van der Waals surface area contributed by atoms with Crippen LogP contribution in [0.3, 0.4) is 0 Å². The zero-order chi connectivity index (χ0) is 22.1. The lowest BCUT2D eigenvalue weighted by atomic mass is 10.2. The van der Waals surface area contributed by atoms with Gasteiger partial charge >= 0.3 is 5.97 Å². The van der Waals surface area contributed by atoms with Crippen molar-refractivity contribution < 1.29 is 14.3 Å². The molecule has 2 aliphatic rings. The third kappa shape index (κ3) is 4.59.